The third-order valence-electron chi connectivity index (χ3n) is 4.25. The summed E-state index contributed by atoms with van der Waals surface area (Å²) in [5.41, 5.74) is 7.93. The molecule has 118 valence electrons. The van der Waals surface area contributed by atoms with Crippen LogP contribution < -0.4 is 5.73 Å². The second kappa shape index (κ2) is 8.40. The molecule has 2 rings (SSSR count). The molecule has 0 aliphatic carbocycles. The number of amides is 1. The maximum absolute atomic E-state index is 12.6. The van der Waals surface area contributed by atoms with E-state index in [-0.39, 0.29) is 24.4 Å². The molecule has 0 spiro atoms. The van der Waals surface area contributed by atoms with Gasteiger partial charge in [-0.2, -0.15) is 0 Å². The van der Waals surface area contributed by atoms with Gasteiger partial charge in [-0.1, -0.05) is 32.4 Å². The zero-order valence-electron chi connectivity index (χ0n) is 13.0. The maximum atomic E-state index is 12.6. The molecule has 1 saturated heterocycles. The third-order valence-corrected chi connectivity index (χ3v) is 4.25. The van der Waals surface area contributed by atoms with Crippen LogP contribution in [-0.4, -0.2) is 29.9 Å². The zero-order chi connectivity index (χ0) is 14.5. The monoisotopic (exact) mass is 310 g/mol. The summed E-state index contributed by atoms with van der Waals surface area (Å²) < 4.78 is 0. The van der Waals surface area contributed by atoms with Crippen molar-refractivity contribution in [3.8, 4) is 0 Å². The van der Waals surface area contributed by atoms with E-state index in [4.69, 9.17) is 5.73 Å². The summed E-state index contributed by atoms with van der Waals surface area (Å²) in [5, 5.41) is 0. The molecule has 3 nitrogen and oxygen atoms in total. The molecule has 2 N–H and O–H groups in total. The minimum absolute atomic E-state index is 0. The van der Waals surface area contributed by atoms with Gasteiger partial charge in [-0.25, -0.2) is 0 Å². The number of nitrogens with two attached hydrogens (primary N) is 1. The largest absolute Gasteiger partial charge is 0.334 e. The number of benzene rings is 1. The molecule has 0 bridgehead atoms. The summed E-state index contributed by atoms with van der Waals surface area (Å²) in [7, 11) is 0. The summed E-state index contributed by atoms with van der Waals surface area (Å²) in [6.45, 7) is 5.80. The minimum atomic E-state index is 0. The first-order valence-corrected chi connectivity index (χ1v) is 7.75. The van der Waals surface area contributed by atoms with Crippen molar-refractivity contribution in [1.82, 2.24) is 4.90 Å². The van der Waals surface area contributed by atoms with E-state index in [2.05, 4.69) is 26.0 Å². The lowest BCUT2D eigenvalue weighted by molar-refractivity contribution is 0.0573. The lowest BCUT2D eigenvalue weighted by Gasteiger charge is -2.38. The molecule has 1 heterocycles. The molecule has 21 heavy (non-hydrogen) atoms. The van der Waals surface area contributed by atoms with E-state index in [0.29, 0.717) is 12.5 Å². The van der Waals surface area contributed by atoms with Crippen molar-refractivity contribution in [2.24, 2.45) is 11.7 Å². The molecule has 0 radical (unpaired) electrons. The van der Waals surface area contributed by atoms with Crippen molar-refractivity contribution in [2.45, 2.75) is 45.6 Å². The Morgan fingerprint density at radius 3 is 2.57 bits per heavy atom. The number of hydrogen-bond acceptors (Lipinski definition) is 2. The molecular formula is C17H27ClN2O. The Hall–Kier alpha value is -1.06. The number of nitrogens with zero attached hydrogens (tertiary/aromatic N) is 1. The van der Waals surface area contributed by atoms with Crippen molar-refractivity contribution in [3.05, 3.63) is 35.4 Å². The van der Waals surface area contributed by atoms with Crippen LogP contribution in [0.25, 0.3) is 0 Å². The molecule has 1 aliphatic rings. The molecule has 1 aromatic rings. The summed E-state index contributed by atoms with van der Waals surface area (Å²) in [6, 6.07) is 8.25. The predicted octanol–water partition coefficient (Wildman–Crippen LogP) is 3.26. The third kappa shape index (κ3) is 4.45. The molecule has 2 unspecified atom stereocenters. The smallest absolute Gasteiger partial charge is 0.254 e. The van der Waals surface area contributed by atoms with Crippen LogP contribution >= 0.6 is 12.4 Å². The highest BCUT2D eigenvalue weighted by Gasteiger charge is 2.29. The number of carbonyl (C=O) groups is 1. The Bertz CT molecular complexity index is 447. The van der Waals surface area contributed by atoms with Crippen molar-refractivity contribution < 1.29 is 4.79 Å². The predicted molar refractivity (Wildman–Crippen MR) is 90.0 cm³/mol. The van der Waals surface area contributed by atoms with E-state index in [0.717, 1.165) is 37.8 Å². The summed E-state index contributed by atoms with van der Waals surface area (Å²) in [5.74, 6) is 0.801. The summed E-state index contributed by atoms with van der Waals surface area (Å²) >= 11 is 0. The van der Waals surface area contributed by atoms with Gasteiger partial charge in [0.25, 0.3) is 5.91 Å². The minimum Gasteiger partial charge on any atom is -0.334 e. The lowest BCUT2D eigenvalue weighted by Crippen LogP contribution is -2.49. The van der Waals surface area contributed by atoms with Crippen molar-refractivity contribution in [2.75, 3.05) is 13.1 Å². The van der Waals surface area contributed by atoms with Gasteiger partial charge < -0.3 is 10.6 Å². The van der Waals surface area contributed by atoms with E-state index in [9.17, 15) is 4.79 Å². The highest BCUT2D eigenvalue weighted by atomic mass is 35.5. The van der Waals surface area contributed by atoms with Gasteiger partial charge in [-0.05, 0) is 42.9 Å². The second-order valence-electron chi connectivity index (χ2n) is 5.96. The molecule has 2 atom stereocenters. The van der Waals surface area contributed by atoms with E-state index >= 15 is 0 Å². The molecule has 1 aliphatic heterocycles. The molecule has 1 amide bonds. The van der Waals surface area contributed by atoms with Gasteiger partial charge in [0, 0.05) is 24.7 Å². The fraction of sp³-hybridized carbons (Fsp3) is 0.588. The van der Waals surface area contributed by atoms with Crippen LogP contribution in [0.3, 0.4) is 0 Å². The van der Waals surface area contributed by atoms with Gasteiger partial charge >= 0.3 is 0 Å². The van der Waals surface area contributed by atoms with Crippen LogP contribution in [0.4, 0.5) is 0 Å². The Morgan fingerprint density at radius 2 is 2.00 bits per heavy atom. The highest BCUT2D eigenvalue weighted by molar-refractivity contribution is 5.94. The number of carbonyl (C=O) groups excluding carboxylic acids is 1. The zero-order valence-corrected chi connectivity index (χ0v) is 13.9. The maximum Gasteiger partial charge on any atom is 0.254 e. The molecular weight excluding hydrogens is 284 g/mol. The van der Waals surface area contributed by atoms with Crippen LogP contribution in [-0.2, 0) is 6.42 Å². The first kappa shape index (κ1) is 18.0. The van der Waals surface area contributed by atoms with E-state index in [1.165, 1.54) is 5.56 Å². The van der Waals surface area contributed by atoms with Crippen LogP contribution in [0.5, 0.6) is 0 Å². The molecule has 4 heteroatoms. The number of aryl methyl sites for hydroxylation is 1. The Kier molecular flexibility index (Phi) is 7.20. The first-order chi connectivity index (χ1) is 9.65. The van der Waals surface area contributed by atoms with Crippen LogP contribution in [0, 0.1) is 5.92 Å². The van der Waals surface area contributed by atoms with Gasteiger partial charge in [0.2, 0.25) is 0 Å². The average Bonchev–Trinajstić information content (AvgIpc) is 2.47. The van der Waals surface area contributed by atoms with Gasteiger partial charge in [0.05, 0.1) is 0 Å². The van der Waals surface area contributed by atoms with Gasteiger partial charge in [-0.3, -0.25) is 4.79 Å². The van der Waals surface area contributed by atoms with Crippen molar-refractivity contribution in [3.63, 3.8) is 0 Å². The number of halogens is 1. The number of hydrogen-bond donors (Lipinski definition) is 1. The van der Waals surface area contributed by atoms with Crippen LogP contribution in [0.15, 0.2) is 24.3 Å². The SMILES string of the molecule is CCCc1ccc(C(=O)N2CCC(C)CC2CN)cc1.Cl. The number of likely N-dealkylation sites (tertiary alicyclic amines) is 1. The van der Waals surface area contributed by atoms with E-state index < -0.39 is 0 Å². The van der Waals surface area contributed by atoms with E-state index in [1.54, 1.807) is 0 Å². The summed E-state index contributed by atoms with van der Waals surface area (Å²) in [6.07, 6.45) is 4.31. The standard InChI is InChI=1S/C17H26N2O.ClH/c1-3-4-14-5-7-15(8-6-14)17(20)19-10-9-13(2)11-16(19)12-18;/h5-8,13,16H,3-4,9-12,18H2,1-2H3;1H. The number of piperidine rings is 1. The van der Waals surface area contributed by atoms with Gasteiger partial charge in [0.15, 0.2) is 0 Å². The van der Waals surface area contributed by atoms with Crippen LogP contribution in [0.1, 0.15) is 49.0 Å². The quantitative estimate of drug-likeness (QED) is 0.928. The topological polar surface area (TPSA) is 46.3 Å². The fourth-order valence-corrected chi connectivity index (χ4v) is 3.01. The molecule has 0 saturated carbocycles. The van der Waals surface area contributed by atoms with Gasteiger partial charge in [-0.15, -0.1) is 12.4 Å². The van der Waals surface area contributed by atoms with Gasteiger partial charge in [0.1, 0.15) is 0 Å². The first-order valence-electron chi connectivity index (χ1n) is 7.75. The Labute approximate surface area is 134 Å². The normalized spacial score (nSPS) is 21.8. The van der Waals surface area contributed by atoms with Crippen LogP contribution in [0.2, 0.25) is 0 Å². The second-order valence-corrected chi connectivity index (χ2v) is 5.96. The fourth-order valence-electron chi connectivity index (χ4n) is 3.01. The lowest BCUT2D eigenvalue weighted by atomic mass is 9.92. The Balaban J connectivity index is 0.00000220. The average molecular weight is 311 g/mol. The molecule has 1 aromatic carbocycles. The molecule has 0 aromatic heterocycles. The summed E-state index contributed by atoms with van der Waals surface area (Å²) in [4.78, 5) is 14.6. The number of rotatable bonds is 4. The molecule has 1 fully saturated rings. The van der Waals surface area contributed by atoms with Crippen molar-refractivity contribution in [1.29, 1.82) is 0 Å². The van der Waals surface area contributed by atoms with E-state index in [1.807, 2.05) is 17.0 Å². The highest BCUT2D eigenvalue weighted by Crippen LogP contribution is 2.23. The Morgan fingerprint density at radius 1 is 1.33 bits per heavy atom. The van der Waals surface area contributed by atoms with Crippen molar-refractivity contribution >= 4 is 18.3 Å².